The van der Waals surface area contributed by atoms with Gasteiger partial charge in [0.2, 0.25) is 10.0 Å². The summed E-state index contributed by atoms with van der Waals surface area (Å²) in [7, 11) is -3.28. The molecule has 12 heteroatoms. The van der Waals surface area contributed by atoms with Crippen molar-refractivity contribution >= 4 is 21.8 Å². The number of benzene rings is 2. The van der Waals surface area contributed by atoms with E-state index >= 15 is 4.39 Å². The Bertz CT molecular complexity index is 1650. The molecular weight excluding hydrogens is 514 g/mol. The molecule has 0 bridgehead atoms. The molecule has 7 nitrogen and oxygen atoms in total. The Balaban J connectivity index is 1.87. The van der Waals surface area contributed by atoms with E-state index in [1.165, 1.54) is 48.6 Å². The van der Waals surface area contributed by atoms with Crippen molar-refractivity contribution in [2.75, 3.05) is 10.5 Å². The van der Waals surface area contributed by atoms with Crippen molar-refractivity contribution in [1.29, 1.82) is 0 Å². The van der Waals surface area contributed by atoms with Gasteiger partial charge in [0.05, 0.1) is 6.54 Å². The van der Waals surface area contributed by atoms with Crippen molar-refractivity contribution in [2.24, 2.45) is 12.0 Å². The molecule has 3 aromatic rings. The molecule has 0 aliphatic carbocycles. The summed E-state index contributed by atoms with van der Waals surface area (Å²) < 4.78 is 86.5. The van der Waals surface area contributed by atoms with Crippen LogP contribution in [-0.4, -0.2) is 24.9 Å². The maximum Gasteiger partial charge on any atom is 0.404 e. The summed E-state index contributed by atoms with van der Waals surface area (Å²) >= 11 is 0. The third-order valence-corrected chi connectivity index (χ3v) is 6.77. The van der Waals surface area contributed by atoms with Crippen LogP contribution in [0.3, 0.4) is 0 Å². The molecule has 1 N–H and O–H groups in total. The lowest BCUT2D eigenvalue weighted by molar-refractivity contribution is -0.106. The van der Waals surface area contributed by atoms with E-state index in [0.29, 0.717) is 29.2 Å². The number of halogens is 4. The number of nitrogens with zero attached hydrogens (tertiary/aromatic N) is 2. The van der Waals surface area contributed by atoms with E-state index < -0.39 is 27.8 Å². The Kier molecular flexibility index (Phi) is 7.13. The number of pyridine rings is 1. The average molecular weight is 537 g/mol. The highest BCUT2D eigenvalue weighted by molar-refractivity contribution is 7.92. The second kappa shape index (κ2) is 10.0. The van der Waals surface area contributed by atoms with Gasteiger partial charge in [0, 0.05) is 35.3 Å². The normalized spacial score (nSPS) is 13.0. The quantitative estimate of drug-likeness (QED) is 0.444. The first-order valence-corrected chi connectivity index (χ1v) is 12.8. The summed E-state index contributed by atoms with van der Waals surface area (Å²) in [6.45, 7) is 3.32. The van der Waals surface area contributed by atoms with Crippen LogP contribution in [0.25, 0.3) is 17.2 Å². The summed E-state index contributed by atoms with van der Waals surface area (Å²) in [6, 6.07) is 8.50. The van der Waals surface area contributed by atoms with Crippen LogP contribution in [0.4, 0.5) is 23.2 Å². The molecule has 0 saturated carbocycles. The lowest BCUT2D eigenvalue weighted by Gasteiger charge is -2.17. The number of aromatic nitrogens is 1. The zero-order valence-corrected chi connectivity index (χ0v) is 20.6. The highest BCUT2D eigenvalue weighted by atomic mass is 32.2. The third-order valence-electron chi connectivity index (χ3n) is 5.52. The minimum absolute atomic E-state index is 0.0840. The standard InChI is InChI=1S/C25H22F4N3O4S/c1-3-5-15-6-4-7-21(22(15)26)36-20-9-8-16(31-37(34,35)14-25(27,28)29)12-18(20)19-13-32(2)24(33)23-17(19)10-11-30-23/h4,6-13,31H,3,5,14H2,1-2H3. The van der Waals surface area contributed by atoms with Crippen molar-refractivity contribution < 1.29 is 30.7 Å². The van der Waals surface area contributed by atoms with Crippen LogP contribution in [0.15, 0.2) is 52.4 Å². The highest BCUT2D eigenvalue weighted by Gasteiger charge is 2.35. The second-order valence-electron chi connectivity index (χ2n) is 8.43. The van der Waals surface area contributed by atoms with Gasteiger partial charge < -0.3 is 9.30 Å². The van der Waals surface area contributed by atoms with E-state index in [-0.39, 0.29) is 33.7 Å². The monoisotopic (exact) mass is 536 g/mol. The fourth-order valence-corrected chi connectivity index (χ4v) is 4.96. The predicted molar refractivity (Wildman–Crippen MR) is 131 cm³/mol. The van der Waals surface area contributed by atoms with Gasteiger partial charge in [-0.3, -0.25) is 14.5 Å². The van der Waals surface area contributed by atoms with Gasteiger partial charge in [0.15, 0.2) is 17.3 Å². The van der Waals surface area contributed by atoms with Crippen molar-refractivity contribution in [3.63, 3.8) is 0 Å². The Hall–Kier alpha value is -3.67. The van der Waals surface area contributed by atoms with Gasteiger partial charge in [0.1, 0.15) is 11.1 Å². The van der Waals surface area contributed by atoms with E-state index in [1.54, 1.807) is 18.2 Å². The first-order chi connectivity index (χ1) is 17.4. The Morgan fingerprint density at radius 2 is 1.86 bits per heavy atom. The van der Waals surface area contributed by atoms with Gasteiger partial charge in [0.25, 0.3) is 5.56 Å². The maximum atomic E-state index is 15.1. The first-order valence-electron chi connectivity index (χ1n) is 11.2. The average Bonchev–Trinajstić information content (AvgIpc) is 3.28. The molecule has 2 aromatic carbocycles. The number of alkyl halides is 3. The zero-order valence-electron chi connectivity index (χ0n) is 19.8. The molecule has 0 atom stereocenters. The van der Waals surface area contributed by atoms with Crippen LogP contribution >= 0.6 is 0 Å². The minimum atomic E-state index is -4.94. The molecular formula is C25H22F4N3O4S. The molecule has 0 saturated heterocycles. The van der Waals surface area contributed by atoms with Gasteiger partial charge in [-0.25, -0.2) is 12.8 Å². The Labute approximate surface area is 209 Å². The Morgan fingerprint density at radius 1 is 1.11 bits per heavy atom. The van der Waals surface area contributed by atoms with Crippen LogP contribution in [-0.2, 0) is 23.5 Å². The van der Waals surface area contributed by atoms with E-state index in [4.69, 9.17) is 4.74 Å². The van der Waals surface area contributed by atoms with Gasteiger partial charge in [-0.1, -0.05) is 25.5 Å². The van der Waals surface area contributed by atoms with Crippen LogP contribution in [0.1, 0.15) is 18.9 Å². The summed E-state index contributed by atoms with van der Waals surface area (Å²) in [5.74, 6) is -2.63. The third kappa shape index (κ3) is 5.85. The van der Waals surface area contributed by atoms with E-state index in [9.17, 15) is 26.4 Å². The van der Waals surface area contributed by atoms with Crippen LogP contribution in [0, 0.1) is 12.4 Å². The van der Waals surface area contributed by atoms with Gasteiger partial charge in [-0.05, 0) is 42.3 Å². The molecule has 195 valence electrons. The fourth-order valence-electron chi connectivity index (χ4n) is 3.97. The number of rotatable bonds is 8. The molecule has 4 rings (SSSR count). The molecule has 0 fully saturated rings. The molecule has 2 heterocycles. The number of hydrogen-bond donors (Lipinski definition) is 1. The number of aryl methyl sites for hydroxylation is 2. The maximum absolute atomic E-state index is 15.1. The number of nitrogens with one attached hydrogen (secondary N) is 1. The molecule has 1 radical (unpaired) electrons. The highest BCUT2D eigenvalue weighted by Crippen LogP contribution is 2.36. The summed E-state index contributed by atoms with van der Waals surface area (Å²) in [4.78, 5) is 16.6. The molecule has 1 aromatic heterocycles. The van der Waals surface area contributed by atoms with E-state index in [1.807, 2.05) is 11.6 Å². The zero-order chi connectivity index (χ0) is 27.0. The summed E-state index contributed by atoms with van der Waals surface area (Å²) in [5.41, 5.74) is 0.482. The minimum Gasteiger partial charge on any atom is -0.454 e. The number of sulfonamides is 1. The Morgan fingerprint density at radius 3 is 2.57 bits per heavy atom. The smallest absolute Gasteiger partial charge is 0.404 e. The van der Waals surface area contributed by atoms with Gasteiger partial charge in [-0.15, -0.1) is 0 Å². The van der Waals surface area contributed by atoms with Crippen LogP contribution in [0.5, 0.6) is 11.5 Å². The molecule has 1 aliphatic heterocycles. The molecule has 0 amide bonds. The van der Waals surface area contributed by atoms with Crippen molar-refractivity contribution in [3.05, 3.63) is 81.5 Å². The van der Waals surface area contributed by atoms with Crippen molar-refractivity contribution in [1.82, 2.24) is 4.57 Å². The molecule has 0 unspecified atom stereocenters. The molecule has 0 spiro atoms. The van der Waals surface area contributed by atoms with Crippen molar-refractivity contribution in [2.45, 2.75) is 25.9 Å². The summed E-state index contributed by atoms with van der Waals surface area (Å²) in [5, 5.41) is 0.536. The fraction of sp³-hybridized carbons (Fsp3) is 0.240. The number of ether oxygens (including phenoxy) is 1. The SMILES string of the molecule is CCCc1cccc(Oc2ccc(NS(=O)(=O)CC(F)(F)F)cc2-c2cn(C)c(=O)c3c2=C[CH]N=3)c1F. The van der Waals surface area contributed by atoms with Crippen LogP contribution < -0.4 is 25.6 Å². The topological polar surface area (TPSA) is 89.8 Å². The molecule has 37 heavy (non-hydrogen) atoms. The lowest BCUT2D eigenvalue weighted by atomic mass is 10.0. The molecule has 1 aliphatic rings. The first kappa shape index (κ1) is 26.4. The van der Waals surface area contributed by atoms with E-state index in [2.05, 4.69) is 4.99 Å². The lowest BCUT2D eigenvalue weighted by Crippen LogP contribution is -2.43. The summed E-state index contributed by atoms with van der Waals surface area (Å²) in [6.07, 6.45) is -0.719. The van der Waals surface area contributed by atoms with Gasteiger partial charge in [-0.2, -0.15) is 13.2 Å². The largest absolute Gasteiger partial charge is 0.454 e. The van der Waals surface area contributed by atoms with Gasteiger partial charge >= 0.3 is 6.18 Å². The predicted octanol–water partition coefficient (Wildman–Crippen LogP) is 3.82. The van der Waals surface area contributed by atoms with Crippen LogP contribution in [0.2, 0.25) is 0 Å². The second-order valence-corrected chi connectivity index (χ2v) is 10.2. The number of fused-ring (bicyclic) bond motifs is 1. The number of anilines is 1. The van der Waals surface area contributed by atoms with Crippen molar-refractivity contribution in [3.8, 4) is 22.6 Å². The number of hydrogen-bond acceptors (Lipinski definition) is 5. The van der Waals surface area contributed by atoms with E-state index in [0.717, 1.165) is 0 Å².